The molecule has 152 valence electrons. The number of amides is 1. The number of nitrogens with one attached hydrogen (secondary N) is 1. The summed E-state index contributed by atoms with van der Waals surface area (Å²) in [6.45, 7) is 5.71. The lowest BCUT2D eigenvalue weighted by Gasteiger charge is -2.13. The van der Waals surface area contributed by atoms with Crippen LogP contribution in [0.5, 0.6) is 5.95 Å². The Hall–Kier alpha value is -3.61. The number of hydrogen-bond donors (Lipinski definition) is 1. The van der Waals surface area contributed by atoms with Crippen LogP contribution in [0.15, 0.2) is 47.1 Å². The number of nitrogens with zero attached hydrogens (tertiary/aromatic N) is 3. The molecular formula is C23H22N4O3. The number of hydrogen-bond acceptors (Lipinski definition) is 5. The Morgan fingerprint density at radius 2 is 2.10 bits per heavy atom. The molecule has 0 bridgehead atoms. The van der Waals surface area contributed by atoms with Crippen LogP contribution in [0.3, 0.4) is 0 Å². The predicted molar refractivity (Wildman–Crippen MR) is 112 cm³/mol. The largest absolute Gasteiger partial charge is 0.456 e. The normalized spacial score (nSPS) is 15.4. The molecule has 3 heterocycles. The highest BCUT2D eigenvalue weighted by atomic mass is 16.6. The number of aromatic nitrogens is 3. The first-order chi connectivity index (χ1) is 14.5. The van der Waals surface area contributed by atoms with Crippen LogP contribution in [0.25, 0.3) is 5.65 Å². The second kappa shape index (κ2) is 7.02. The summed E-state index contributed by atoms with van der Waals surface area (Å²) in [6, 6.07) is 9.75. The van der Waals surface area contributed by atoms with Crippen LogP contribution in [-0.4, -0.2) is 20.3 Å². The Kier molecular flexibility index (Phi) is 4.31. The molecule has 7 nitrogen and oxygen atoms in total. The Morgan fingerprint density at radius 3 is 2.90 bits per heavy atom. The van der Waals surface area contributed by atoms with Crippen molar-refractivity contribution in [3.63, 3.8) is 0 Å². The van der Waals surface area contributed by atoms with Crippen molar-refractivity contribution >= 4 is 17.2 Å². The van der Waals surface area contributed by atoms with E-state index in [1.807, 2.05) is 48.7 Å². The predicted octanol–water partition coefficient (Wildman–Crippen LogP) is 4.57. The van der Waals surface area contributed by atoms with E-state index in [4.69, 9.17) is 9.15 Å². The van der Waals surface area contributed by atoms with E-state index in [0.717, 1.165) is 35.5 Å². The van der Waals surface area contributed by atoms with Gasteiger partial charge in [0, 0.05) is 30.2 Å². The fourth-order valence-corrected chi connectivity index (χ4v) is 4.07. The molecule has 5 rings (SSSR count). The Balaban J connectivity index is 1.40. The molecule has 30 heavy (non-hydrogen) atoms. The molecule has 1 aromatic carbocycles. The van der Waals surface area contributed by atoms with Crippen LogP contribution in [0.1, 0.15) is 51.3 Å². The Labute approximate surface area is 173 Å². The minimum absolute atomic E-state index is 0.119. The molecule has 0 fully saturated rings. The first kappa shape index (κ1) is 18.4. The lowest BCUT2D eigenvalue weighted by atomic mass is 10.1. The molecule has 0 aliphatic heterocycles. The van der Waals surface area contributed by atoms with Crippen molar-refractivity contribution in [2.45, 2.75) is 39.7 Å². The number of carbonyl (C=O) groups excluding carboxylic acids is 1. The van der Waals surface area contributed by atoms with E-state index in [2.05, 4.69) is 15.3 Å². The van der Waals surface area contributed by atoms with Gasteiger partial charge >= 0.3 is 5.95 Å². The van der Waals surface area contributed by atoms with Gasteiger partial charge in [-0.1, -0.05) is 6.07 Å². The SMILES string of the molecule is Cc1cc(C)n2ccc(C(=O)Nc3ccc4c(c3)C(Oc3cnc(C)o3)CC4)c2n1. The molecule has 3 aromatic heterocycles. The molecule has 1 unspecified atom stereocenters. The molecule has 0 spiro atoms. The van der Waals surface area contributed by atoms with Crippen LogP contribution >= 0.6 is 0 Å². The van der Waals surface area contributed by atoms with Crippen molar-refractivity contribution in [2.24, 2.45) is 0 Å². The number of ether oxygens (including phenoxy) is 1. The van der Waals surface area contributed by atoms with E-state index >= 15 is 0 Å². The fourth-order valence-electron chi connectivity index (χ4n) is 4.07. The van der Waals surface area contributed by atoms with Crippen LogP contribution < -0.4 is 10.1 Å². The van der Waals surface area contributed by atoms with E-state index in [9.17, 15) is 4.79 Å². The number of fused-ring (bicyclic) bond motifs is 2. The molecule has 1 aliphatic carbocycles. The van der Waals surface area contributed by atoms with Crippen LogP contribution in [0.4, 0.5) is 5.69 Å². The van der Waals surface area contributed by atoms with Gasteiger partial charge in [-0.3, -0.25) is 4.79 Å². The third kappa shape index (κ3) is 3.22. The molecule has 7 heteroatoms. The monoisotopic (exact) mass is 402 g/mol. The number of rotatable bonds is 4. The van der Waals surface area contributed by atoms with E-state index < -0.39 is 0 Å². The molecule has 0 saturated carbocycles. The summed E-state index contributed by atoms with van der Waals surface area (Å²) < 4.78 is 13.4. The van der Waals surface area contributed by atoms with Crippen LogP contribution in [0.2, 0.25) is 0 Å². The van der Waals surface area contributed by atoms with Gasteiger partial charge in [-0.2, -0.15) is 0 Å². The van der Waals surface area contributed by atoms with Gasteiger partial charge in [0.2, 0.25) is 0 Å². The highest BCUT2D eigenvalue weighted by Gasteiger charge is 2.26. The van der Waals surface area contributed by atoms with E-state index in [0.29, 0.717) is 23.0 Å². The lowest BCUT2D eigenvalue weighted by Crippen LogP contribution is -2.13. The van der Waals surface area contributed by atoms with E-state index in [1.54, 1.807) is 19.2 Å². The number of anilines is 1. The Bertz CT molecular complexity index is 1270. The molecule has 4 aromatic rings. The zero-order valence-corrected chi connectivity index (χ0v) is 17.1. The highest BCUT2D eigenvalue weighted by molar-refractivity contribution is 6.08. The maximum Gasteiger partial charge on any atom is 0.305 e. The third-order valence-corrected chi connectivity index (χ3v) is 5.47. The molecule has 0 radical (unpaired) electrons. The average Bonchev–Trinajstić information content (AvgIpc) is 3.41. The average molecular weight is 402 g/mol. The van der Waals surface area contributed by atoms with Gasteiger partial charge in [0.05, 0.1) is 5.56 Å². The fraction of sp³-hybridized carbons (Fsp3) is 0.261. The zero-order chi connectivity index (χ0) is 20.8. The molecule has 1 atom stereocenters. The standard InChI is InChI=1S/C23H22N4O3/c1-13-10-14(2)27-9-8-18(22(27)25-13)23(28)26-17-6-4-16-5-7-20(19(16)11-17)30-21-12-24-15(3)29-21/h4,6,8-12,20H,5,7H2,1-3H3,(H,26,28). The quantitative estimate of drug-likeness (QED) is 0.541. The molecular weight excluding hydrogens is 380 g/mol. The summed E-state index contributed by atoms with van der Waals surface area (Å²) in [7, 11) is 0. The topological polar surface area (TPSA) is 81.7 Å². The molecule has 1 aliphatic rings. The van der Waals surface area contributed by atoms with Crippen LogP contribution in [-0.2, 0) is 6.42 Å². The van der Waals surface area contributed by atoms with Gasteiger partial charge in [0.1, 0.15) is 17.9 Å². The summed E-state index contributed by atoms with van der Waals surface area (Å²) >= 11 is 0. The summed E-state index contributed by atoms with van der Waals surface area (Å²) in [6.07, 6.45) is 5.13. The molecule has 0 saturated heterocycles. The van der Waals surface area contributed by atoms with Crippen molar-refractivity contribution in [2.75, 3.05) is 5.32 Å². The minimum Gasteiger partial charge on any atom is -0.456 e. The van der Waals surface area contributed by atoms with Crippen molar-refractivity contribution < 1.29 is 13.9 Å². The minimum atomic E-state index is -0.184. The third-order valence-electron chi connectivity index (χ3n) is 5.47. The van der Waals surface area contributed by atoms with E-state index in [1.165, 1.54) is 5.56 Å². The van der Waals surface area contributed by atoms with E-state index in [-0.39, 0.29) is 12.0 Å². The van der Waals surface area contributed by atoms with Crippen LogP contribution in [0, 0.1) is 20.8 Å². The van der Waals surface area contributed by atoms with Gasteiger partial charge in [-0.25, -0.2) is 9.97 Å². The smallest absolute Gasteiger partial charge is 0.305 e. The zero-order valence-electron chi connectivity index (χ0n) is 17.1. The number of oxazole rings is 1. The maximum absolute atomic E-state index is 13.0. The van der Waals surface area contributed by atoms with Gasteiger partial charge in [-0.15, -0.1) is 0 Å². The second-order valence-electron chi connectivity index (χ2n) is 7.67. The van der Waals surface area contributed by atoms with Gasteiger partial charge in [0.15, 0.2) is 5.89 Å². The summed E-state index contributed by atoms with van der Waals surface area (Å²) in [5.41, 5.74) is 6.14. The van der Waals surface area contributed by atoms with Crippen molar-refractivity contribution in [3.8, 4) is 5.95 Å². The number of aryl methyl sites for hydroxylation is 4. The summed E-state index contributed by atoms with van der Waals surface area (Å²) in [5, 5.41) is 3.01. The Morgan fingerprint density at radius 1 is 1.23 bits per heavy atom. The maximum atomic E-state index is 13.0. The van der Waals surface area contributed by atoms with Crippen molar-refractivity contribution in [1.82, 2.24) is 14.4 Å². The first-order valence-electron chi connectivity index (χ1n) is 9.96. The highest BCUT2D eigenvalue weighted by Crippen LogP contribution is 2.36. The lowest BCUT2D eigenvalue weighted by molar-refractivity contribution is 0.102. The molecule has 1 amide bonds. The first-order valence-corrected chi connectivity index (χ1v) is 9.96. The summed E-state index contributed by atoms with van der Waals surface area (Å²) in [5.74, 6) is 0.802. The number of carbonyl (C=O) groups is 1. The van der Waals surface area contributed by atoms with Gasteiger partial charge in [0.25, 0.3) is 5.91 Å². The van der Waals surface area contributed by atoms with Crippen molar-refractivity contribution in [3.05, 3.63) is 76.7 Å². The van der Waals surface area contributed by atoms with Gasteiger partial charge in [-0.05, 0) is 62.1 Å². The van der Waals surface area contributed by atoms with Crippen molar-refractivity contribution in [1.29, 1.82) is 0 Å². The van der Waals surface area contributed by atoms with Gasteiger partial charge < -0.3 is 18.9 Å². The molecule has 1 N–H and O–H groups in total. The second-order valence-corrected chi connectivity index (χ2v) is 7.67. The number of benzene rings is 1. The summed E-state index contributed by atoms with van der Waals surface area (Å²) in [4.78, 5) is 21.6.